The monoisotopic (exact) mass is 394 g/mol. The van der Waals surface area contributed by atoms with Crippen molar-refractivity contribution in [3.05, 3.63) is 77.4 Å². The maximum Gasteiger partial charge on any atom is 0.157 e. The second-order valence-corrected chi connectivity index (χ2v) is 7.28. The van der Waals surface area contributed by atoms with Crippen LogP contribution < -0.4 is 4.74 Å². The molecule has 0 bridgehead atoms. The molecule has 29 heavy (non-hydrogen) atoms. The van der Waals surface area contributed by atoms with Gasteiger partial charge in [-0.15, -0.1) is 0 Å². The molecule has 6 nitrogen and oxygen atoms in total. The predicted molar refractivity (Wildman–Crippen MR) is 106 cm³/mol. The Labute approximate surface area is 167 Å². The Kier molecular flexibility index (Phi) is 4.94. The molecule has 1 aliphatic heterocycles. The molecular weight excluding hydrogens is 372 g/mol. The van der Waals surface area contributed by atoms with Crippen molar-refractivity contribution in [3.8, 4) is 28.7 Å². The molecule has 1 heterocycles. The van der Waals surface area contributed by atoms with Crippen LogP contribution in [0.3, 0.4) is 0 Å². The molecule has 0 aromatic heterocycles. The lowest BCUT2D eigenvalue weighted by atomic mass is 9.80. The zero-order chi connectivity index (χ0) is 20.5. The summed E-state index contributed by atoms with van der Waals surface area (Å²) >= 11 is 0. The van der Waals surface area contributed by atoms with Crippen molar-refractivity contribution in [2.75, 3.05) is 0 Å². The van der Waals surface area contributed by atoms with E-state index < -0.39 is 18.1 Å². The van der Waals surface area contributed by atoms with E-state index in [1.54, 1.807) is 6.07 Å². The summed E-state index contributed by atoms with van der Waals surface area (Å²) in [5, 5.41) is 50.9. The Morgan fingerprint density at radius 3 is 2.28 bits per heavy atom. The fourth-order valence-electron chi connectivity index (χ4n) is 3.92. The summed E-state index contributed by atoms with van der Waals surface area (Å²) in [4.78, 5) is 0. The largest absolute Gasteiger partial charge is 0.508 e. The van der Waals surface area contributed by atoms with Crippen molar-refractivity contribution in [1.29, 1.82) is 0 Å². The van der Waals surface area contributed by atoms with Gasteiger partial charge in [0.2, 0.25) is 0 Å². The Hall–Kier alpha value is -3.38. The van der Waals surface area contributed by atoms with Crippen molar-refractivity contribution in [3.63, 3.8) is 0 Å². The second-order valence-electron chi connectivity index (χ2n) is 7.28. The van der Waals surface area contributed by atoms with Crippen molar-refractivity contribution < 1.29 is 30.3 Å². The molecule has 4 rings (SSSR count). The summed E-state index contributed by atoms with van der Waals surface area (Å²) in [7, 11) is 0. The van der Waals surface area contributed by atoms with Gasteiger partial charge in [0, 0.05) is 23.6 Å². The molecule has 0 aliphatic carbocycles. The Balaban J connectivity index is 1.72. The van der Waals surface area contributed by atoms with Crippen LogP contribution in [0.4, 0.5) is 0 Å². The number of aliphatic hydroxyl groups excluding tert-OH is 1. The number of phenols is 4. The Morgan fingerprint density at radius 2 is 1.55 bits per heavy atom. The zero-order valence-electron chi connectivity index (χ0n) is 15.6. The van der Waals surface area contributed by atoms with Crippen LogP contribution in [0.25, 0.3) is 0 Å². The molecule has 3 aromatic rings. The van der Waals surface area contributed by atoms with Gasteiger partial charge in [-0.2, -0.15) is 0 Å². The summed E-state index contributed by atoms with van der Waals surface area (Å²) in [6, 6.07) is 16.7. The number of rotatable bonds is 4. The maximum absolute atomic E-state index is 11.1. The smallest absolute Gasteiger partial charge is 0.157 e. The van der Waals surface area contributed by atoms with Gasteiger partial charge in [0.1, 0.15) is 23.4 Å². The molecule has 3 atom stereocenters. The Morgan fingerprint density at radius 1 is 0.793 bits per heavy atom. The molecular formula is C23H22O6. The number of aromatic hydroxyl groups is 4. The topological polar surface area (TPSA) is 110 Å². The maximum atomic E-state index is 11.1. The van der Waals surface area contributed by atoms with Gasteiger partial charge in [-0.1, -0.05) is 36.4 Å². The minimum Gasteiger partial charge on any atom is -0.508 e. The summed E-state index contributed by atoms with van der Waals surface area (Å²) in [6.45, 7) is 0. The molecule has 0 saturated heterocycles. The number of aryl methyl sites for hydroxylation is 1. The molecule has 3 aromatic carbocycles. The van der Waals surface area contributed by atoms with Gasteiger partial charge >= 0.3 is 0 Å². The first-order valence-corrected chi connectivity index (χ1v) is 9.40. The standard InChI is InChI=1S/C23H22O6/c24-15-11-19(27)21-16(8-6-13-4-2-1-3-5-13)22(28)23(29-20(21)12-15)14-7-9-17(25)18(26)10-14/h1-5,7,9-12,16,22-28H,6,8H2. The quantitative estimate of drug-likeness (QED) is 0.432. The molecule has 0 radical (unpaired) electrons. The lowest BCUT2D eigenvalue weighted by Gasteiger charge is -2.37. The molecule has 0 spiro atoms. The fourth-order valence-corrected chi connectivity index (χ4v) is 3.92. The van der Waals surface area contributed by atoms with Crippen LogP contribution in [-0.2, 0) is 6.42 Å². The molecule has 6 heteroatoms. The van der Waals surface area contributed by atoms with Gasteiger partial charge in [0.15, 0.2) is 17.6 Å². The van der Waals surface area contributed by atoms with Gasteiger partial charge in [0.25, 0.3) is 0 Å². The normalized spacial score (nSPS) is 20.7. The number of hydrogen-bond donors (Lipinski definition) is 5. The van der Waals surface area contributed by atoms with Gasteiger partial charge in [0.05, 0.1) is 0 Å². The van der Waals surface area contributed by atoms with Crippen LogP contribution in [0, 0.1) is 0 Å². The third-order valence-electron chi connectivity index (χ3n) is 5.37. The third-order valence-corrected chi connectivity index (χ3v) is 5.37. The number of hydrogen-bond acceptors (Lipinski definition) is 6. The molecule has 0 fully saturated rings. The van der Waals surface area contributed by atoms with Gasteiger partial charge in [-0.3, -0.25) is 0 Å². The molecule has 3 unspecified atom stereocenters. The highest BCUT2D eigenvalue weighted by atomic mass is 16.5. The van der Waals surface area contributed by atoms with E-state index in [1.807, 2.05) is 30.3 Å². The van der Waals surface area contributed by atoms with E-state index in [-0.39, 0.29) is 28.7 Å². The molecule has 0 saturated carbocycles. The minimum atomic E-state index is -1.01. The number of ether oxygens (including phenoxy) is 1. The van der Waals surface area contributed by atoms with Crippen LogP contribution in [0.2, 0.25) is 0 Å². The lowest BCUT2D eigenvalue weighted by molar-refractivity contribution is -0.00342. The van der Waals surface area contributed by atoms with Crippen molar-refractivity contribution in [2.45, 2.75) is 31.0 Å². The highest BCUT2D eigenvalue weighted by Gasteiger charge is 2.40. The van der Waals surface area contributed by atoms with Crippen LogP contribution in [-0.4, -0.2) is 31.6 Å². The van der Waals surface area contributed by atoms with Crippen LogP contribution in [0.1, 0.15) is 35.1 Å². The van der Waals surface area contributed by atoms with Crippen molar-refractivity contribution >= 4 is 0 Å². The summed E-state index contributed by atoms with van der Waals surface area (Å²) in [5.74, 6) is -1.04. The summed E-state index contributed by atoms with van der Waals surface area (Å²) < 4.78 is 5.91. The summed E-state index contributed by atoms with van der Waals surface area (Å²) in [6.07, 6.45) is -0.627. The highest BCUT2D eigenvalue weighted by molar-refractivity contribution is 5.54. The number of aliphatic hydroxyl groups is 1. The summed E-state index contributed by atoms with van der Waals surface area (Å²) in [5.41, 5.74) is 2.03. The zero-order valence-corrected chi connectivity index (χ0v) is 15.6. The second kappa shape index (κ2) is 7.56. The van der Waals surface area contributed by atoms with E-state index in [0.29, 0.717) is 24.0 Å². The molecule has 5 N–H and O–H groups in total. The molecule has 1 aliphatic rings. The first kappa shape index (κ1) is 19.0. The highest BCUT2D eigenvalue weighted by Crippen LogP contribution is 2.49. The third kappa shape index (κ3) is 3.67. The molecule has 0 amide bonds. The average Bonchev–Trinajstić information content (AvgIpc) is 2.70. The lowest BCUT2D eigenvalue weighted by Crippen LogP contribution is -2.34. The van der Waals surface area contributed by atoms with Gasteiger partial charge in [-0.05, 0) is 36.1 Å². The van der Waals surface area contributed by atoms with Gasteiger partial charge in [-0.25, -0.2) is 0 Å². The molecule has 150 valence electrons. The van der Waals surface area contributed by atoms with Crippen LogP contribution in [0.15, 0.2) is 60.7 Å². The van der Waals surface area contributed by atoms with E-state index in [0.717, 1.165) is 5.56 Å². The van der Waals surface area contributed by atoms with E-state index >= 15 is 0 Å². The first-order chi connectivity index (χ1) is 13.9. The number of phenolic OH excluding ortho intramolecular Hbond substituents is 4. The average molecular weight is 394 g/mol. The minimum absolute atomic E-state index is 0.135. The predicted octanol–water partition coefficient (Wildman–Crippen LogP) is 3.72. The fraction of sp³-hybridized carbons (Fsp3) is 0.217. The first-order valence-electron chi connectivity index (χ1n) is 9.40. The van der Waals surface area contributed by atoms with E-state index in [9.17, 15) is 25.5 Å². The number of fused-ring (bicyclic) bond motifs is 1. The van der Waals surface area contributed by atoms with Crippen molar-refractivity contribution in [1.82, 2.24) is 0 Å². The van der Waals surface area contributed by atoms with E-state index in [4.69, 9.17) is 4.74 Å². The Bertz CT molecular complexity index is 1020. The SMILES string of the molecule is Oc1cc(O)c2c(c1)OC(c1ccc(O)c(O)c1)C(O)C2CCc1ccccc1. The van der Waals surface area contributed by atoms with Gasteiger partial charge < -0.3 is 30.3 Å². The van der Waals surface area contributed by atoms with Crippen LogP contribution in [0.5, 0.6) is 28.7 Å². The van der Waals surface area contributed by atoms with Crippen molar-refractivity contribution in [2.24, 2.45) is 0 Å². The number of benzene rings is 3. The van der Waals surface area contributed by atoms with Crippen LogP contribution >= 0.6 is 0 Å². The van der Waals surface area contributed by atoms with E-state index in [1.165, 1.54) is 24.3 Å². The van der Waals surface area contributed by atoms with E-state index in [2.05, 4.69) is 0 Å².